The van der Waals surface area contributed by atoms with E-state index in [-0.39, 0.29) is 6.79 Å². The molecule has 7 heteroatoms. The SMILES string of the molecule is COc1ccc2nc(-c3noc(-c4ccc5c(c4)OCO5)n3)ccc2c1. The van der Waals surface area contributed by atoms with Gasteiger partial charge in [0.2, 0.25) is 12.6 Å². The van der Waals surface area contributed by atoms with Gasteiger partial charge in [0, 0.05) is 10.9 Å². The van der Waals surface area contributed by atoms with Crippen LogP contribution in [0.5, 0.6) is 17.2 Å². The van der Waals surface area contributed by atoms with E-state index in [1.807, 2.05) is 48.5 Å². The second-order valence-corrected chi connectivity index (χ2v) is 5.75. The van der Waals surface area contributed by atoms with Gasteiger partial charge in [-0.1, -0.05) is 11.2 Å². The van der Waals surface area contributed by atoms with Gasteiger partial charge in [-0.25, -0.2) is 4.98 Å². The van der Waals surface area contributed by atoms with Crippen molar-refractivity contribution in [3.05, 3.63) is 48.5 Å². The zero-order chi connectivity index (χ0) is 17.5. The molecule has 0 bridgehead atoms. The maximum atomic E-state index is 5.40. The van der Waals surface area contributed by atoms with Crippen LogP contribution in [0, 0.1) is 0 Å². The third-order valence-corrected chi connectivity index (χ3v) is 4.17. The number of rotatable bonds is 3. The van der Waals surface area contributed by atoms with Crippen LogP contribution < -0.4 is 14.2 Å². The standard InChI is InChI=1S/C19H13N3O4/c1-23-13-4-6-14-11(8-13)2-5-15(20-14)18-21-19(26-22-18)12-3-7-16-17(9-12)25-10-24-16/h2-9H,10H2,1H3. The number of nitrogens with zero attached hydrogens (tertiary/aromatic N) is 3. The highest BCUT2D eigenvalue weighted by atomic mass is 16.7. The van der Waals surface area contributed by atoms with E-state index in [1.54, 1.807) is 7.11 Å². The van der Waals surface area contributed by atoms with E-state index in [4.69, 9.17) is 18.7 Å². The highest BCUT2D eigenvalue weighted by Crippen LogP contribution is 2.35. The van der Waals surface area contributed by atoms with Crippen molar-refractivity contribution in [2.24, 2.45) is 0 Å². The first-order valence-electron chi connectivity index (χ1n) is 7.99. The monoisotopic (exact) mass is 347 g/mol. The van der Waals surface area contributed by atoms with Gasteiger partial charge < -0.3 is 18.7 Å². The van der Waals surface area contributed by atoms with Crippen molar-refractivity contribution in [2.75, 3.05) is 13.9 Å². The summed E-state index contributed by atoms with van der Waals surface area (Å²) in [6.07, 6.45) is 0. The van der Waals surface area contributed by atoms with Crippen LogP contribution in [-0.4, -0.2) is 29.0 Å². The van der Waals surface area contributed by atoms with Crippen LogP contribution in [-0.2, 0) is 0 Å². The third kappa shape index (κ3) is 2.41. The first-order valence-corrected chi connectivity index (χ1v) is 7.99. The molecular formula is C19H13N3O4. The predicted octanol–water partition coefficient (Wildman–Crippen LogP) is 3.69. The average molecular weight is 347 g/mol. The van der Waals surface area contributed by atoms with Crippen molar-refractivity contribution in [2.45, 2.75) is 0 Å². The molecule has 5 rings (SSSR count). The van der Waals surface area contributed by atoms with Crippen molar-refractivity contribution in [1.82, 2.24) is 15.1 Å². The van der Waals surface area contributed by atoms with E-state index >= 15 is 0 Å². The minimum Gasteiger partial charge on any atom is -0.497 e. The molecule has 4 aromatic rings. The Morgan fingerprint density at radius 1 is 0.923 bits per heavy atom. The summed E-state index contributed by atoms with van der Waals surface area (Å²) in [5, 5.41) is 5.03. The van der Waals surface area contributed by atoms with Crippen molar-refractivity contribution >= 4 is 10.9 Å². The third-order valence-electron chi connectivity index (χ3n) is 4.17. The van der Waals surface area contributed by atoms with Crippen LogP contribution in [0.2, 0.25) is 0 Å². The molecule has 0 N–H and O–H groups in total. The number of aromatic nitrogens is 3. The highest BCUT2D eigenvalue weighted by molar-refractivity contribution is 5.82. The fourth-order valence-electron chi connectivity index (χ4n) is 2.83. The fourth-order valence-corrected chi connectivity index (χ4v) is 2.83. The lowest BCUT2D eigenvalue weighted by atomic mass is 10.2. The molecule has 0 fully saturated rings. The molecule has 1 aliphatic heterocycles. The number of fused-ring (bicyclic) bond motifs is 2. The van der Waals surface area contributed by atoms with Gasteiger partial charge >= 0.3 is 0 Å². The Hall–Kier alpha value is -3.61. The molecule has 0 unspecified atom stereocenters. The molecule has 26 heavy (non-hydrogen) atoms. The summed E-state index contributed by atoms with van der Waals surface area (Å²) in [5.41, 5.74) is 2.23. The molecular weight excluding hydrogens is 334 g/mol. The highest BCUT2D eigenvalue weighted by Gasteiger charge is 2.17. The van der Waals surface area contributed by atoms with Gasteiger partial charge in [0.25, 0.3) is 5.89 Å². The summed E-state index contributed by atoms with van der Waals surface area (Å²) in [6, 6.07) is 15.0. The molecule has 2 aromatic carbocycles. The van der Waals surface area contributed by atoms with Crippen molar-refractivity contribution in [1.29, 1.82) is 0 Å². The predicted molar refractivity (Wildman–Crippen MR) is 93.1 cm³/mol. The van der Waals surface area contributed by atoms with Gasteiger partial charge in [-0.15, -0.1) is 0 Å². The van der Waals surface area contributed by atoms with Gasteiger partial charge in [-0.3, -0.25) is 0 Å². The van der Waals surface area contributed by atoms with Gasteiger partial charge in [0.1, 0.15) is 11.4 Å². The first kappa shape index (κ1) is 14.7. The van der Waals surface area contributed by atoms with Crippen LogP contribution in [0.15, 0.2) is 53.1 Å². The van der Waals surface area contributed by atoms with Gasteiger partial charge in [0.15, 0.2) is 11.5 Å². The maximum absolute atomic E-state index is 5.40. The summed E-state index contributed by atoms with van der Waals surface area (Å²) in [4.78, 5) is 9.06. The number of hydrogen-bond acceptors (Lipinski definition) is 7. The Balaban J connectivity index is 1.50. The lowest BCUT2D eigenvalue weighted by molar-refractivity contribution is 0.174. The lowest BCUT2D eigenvalue weighted by Crippen LogP contribution is -1.92. The van der Waals surface area contributed by atoms with Crippen molar-refractivity contribution in [3.63, 3.8) is 0 Å². The van der Waals surface area contributed by atoms with E-state index in [2.05, 4.69) is 15.1 Å². The second-order valence-electron chi connectivity index (χ2n) is 5.75. The molecule has 7 nitrogen and oxygen atoms in total. The molecule has 0 spiro atoms. The van der Waals surface area contributed by atoms with Crippen LogP contribution in [0.3, 0.4) is 0 Å². The Morgan fingerprint density at radius 2 is 1.85 bits per heavy atom. The zero-order valence-electron chi connectivity index (χ0n) is 13.8. The minimum absolute atomic E-state index is 0.222. The fraction of sp³-hybridized carbons (Fsp3) is 0.105. The smallest absolute Gasteiger partial charge is 0.258 e. The number of methoxy groups -OCH3 is 1. The quantitative estimate of drug-likeness (QED) is 0.559. The molecule has 0 aliphatic carbocycles. The molecule has 0 amide bonds. The number of pyridine rings is 1. The van der Waals surface area contributed by atoms with Gasteiger partial charge in [-0.05, 0) is 42.5 Å². The van der Waals surface area contributed by atoms with Crippen LogP contribution in [0.25, 0.3) is 33.9 Å². The number of hydrogen-bond donors (Lipinski definition) is 0. The summed E-state index contributed by atoms with van der Waals surface area (Å²) >= 11 is 0. The summed E-state index contributed by atoms with van der Waals surface area (Å²) in [5.74, 6) is 2.99. The zero-order valence-corrected chi connectivity index (χ0v) is 13.8. The largest absolute Gasteiger partial charge is 0.497 e. The van der Waals surface area contributed by atoms with Crippen LogP contribution in [0.4, 0.5) is 0 Å². The molecule has 0 atom stereocenters. The topological polar surface area (TPSA) is 79.5 Å². The minimum atomic E-state index is 0.222. The van der Waals surface area contributed by atoms with Crippen LogP contribution in [0.1, 0.15) is 0 Å². The summed E-state index contributed by atoms with van der Waals surface area (Å²) in [7, 11) is 1.64. The number of benzene rings is 2. The van der Waals surface area contributed by atoms with E-state index in [0.29, 0.717) is 28.9 Å². The Labute approximate surface area is 148 Å². The average Bonchev–Trinajstić information content (AvgIpc) is 3.36. The number of ether oxygens (including phenoxy) is 3. The van der Waals surface area contributed by atoms with Crippen LogP contribution >= 0.6 is 0 Å². The first-order chi connectivity index (χ1) is 12.8. The summed E-state index contributed by atoms with van der Waals surface area (Å²) in [6.45, 7) is 0.222. The molecule has 0 saturated carbocycles. The van der Waals surface area contributed by atoms with Crippen molar-refractivity contribution < 1.29 is 18.7 Å². The molecule has 3 heterocycles. The van der Waals surface area contributed by atoms with E-state index in [0.717, 1.165) is 22.2 Å². The molecule has 2 aromatic heterocycles. The normalized spacial score (nSPS) is 12.5. The molecule has 1 aliphatic rings. The Kier molecular flexibility index (Phi) is 3.24. The Bertz CT molecular complexity index is 1120. The second kappa shape index (κ2) is 5.73. The molecule has 0 radical (unpaired) electrons. The summed E-state index contributed by atoms with van der Waals surface area (Å²) < 4.78 is 21.3. The van der Waals surface area contributed by atoms with E-state index in [9.17, 15) is 0 Å². The van der Waals surface area contributed by atoms with Gasteiger partial charge in [-0.2, -0.15) is 4.98 Å². The van der Waals surface area contributed by atoms with Gasteiger partial charge in [0.05, 0.1) is 12.6 Å². The van der Waals surface area contributed by atoms with Crippen molar-refractivity contribution in [3.8, 4) is 40.2 Å². The van der Waals surface area contributed by atoms with E-state index < -0.39 is 0 Å². The molecule has 128 valence electrons. The van der Waals surface area contributed by atoms with E-state index in [1.165, 1.54) is 0 Å². The Morgan fingerprint density at radius 3 is 2.77 bits per heavy atom. The molecule has 0 saturated heterocycles. The lowest BCUT2D eigenvalue weighted by Gasteiger charge is -2.02. The maximum Gasteiger partial charge on any atom is 0.258 e.